The monoisotopic (exact) mass is 305 g/mol. The smallest absolute Gasteiger partial charge is 0.258 e. The average Bonchev–Trinajstić information content (AvgIpc) is 2.99. The zero-order chi connectivity index (χ0) is 15.2. The molecular formula is C13H15N5O2S. The molecule has 2 aromatic rings. The van der Waals surface area contributed by atoms with Gasteiger partial charge in [0.05, 0.1) is 11.6 Å². The molecule has 4 N–H and O–H groups in total. The number of ether oxygens (including phenoxy) is 1. The van der Waals surface area contributed by atoms with Gasteiger partial charge in [0.1, 0.15) is 22.9 Å². The predicted molar refractivity (Wildman–Crippen MR) is 80.8 cm³/mol. The fourth-order valence-electron chi connectivity index (χ4n) is 1.71. The molecule has 0 aliphatic heterocycles. The van der Waals surface area contributed by atoms with Crippen molar-refractivity contribution in [3.8, 4) is 5.75 Å². The van der Waals surface area contributed by atoms with Crippen molar-refractivity contribution in [1.82, 2.24) is 20.5 Å². The predicted octanol–water partition coefficient (Wildman–Crippen LogP) is 0.695. The lowest BCUT2D eigenvalue weighted by atomic mass is 10.2. The standard InChI is InChI=1S/C13H15N5O2S/c1-8(13-15-7-16-18-13)17-11(19)6-20-10-5-3-2-4-9(10)12(14)21/h2-5,7-8H,6H2,1H3,(H2,14,21)(H,17,19)(H,15,16,18). The van der Waals surface area contributed by atoms with E-state index in [1.54, 1.807) is 31.2 Å². The van der Waals surface area contributed by atoms with Crippen LogP contribution in [0.2, 0.25) is 0 Å². The largest absolute Gasteiger partial charge is 0.483 e. The molecule has 1 heterocycles. The second-order valence-corrected chi connectivity index (χ2v) is 4.75. The third kappa shape index (κ3) is 3.99. The van der Waals surface area contributed by atoms with E-state index in [4.69, 9.17) is 22.7 Å². The van der Waals surface area contributed by atoms with Crippen LogP contribution in [0.25, 0.3) is 0 Å². The first-order valence-corrected chi connectivity index (χ1v) is 6.65. The van der Waals surface area contributed by atoms with Gasteiger partial charge in [-0.05, 0) is 19.1 Å². The van der Waals surface area contributed by atoms with E-state index >= 15 is 0 Å². The number of amides is 1. The van der Waals surface area contributed by atoms with Crippen LogP contribution in [-0.4, -0.2) is 32.7 Å². The number of benzene rings is 1. The molecule has 110 valence electrons. The molecule has 21 heavy (non-hydrogen) atoms. The Hall–Kier alpha value is -2.48. The van der Waals surface area contributed by atoms with E-state index in [0.29, 0.717) is 17.1 Å². The first kappa shape index (κ1) is 14.9. The van der Waals surface area contributed by atoms with Crippen LogP contribution in [0.15, 0.2) is 30.6 Å². The first-order chi connectivity index (χ1) is 10.1. The van der Waals surface area contributed by atoms with Gasteiger partial charge >= 0.3 is 0 Å². The van der Waals surface area contributed by atoms with Crippen molar-refractivity contribution in [2.24, 2.45) is 5.73 Å². The molecule has 0 saturated heterocycles. The van der Waals surface area contributed by atoms with Gasteiger partial charge in [-0.2, -0.15) is 5.10 Å². The maximum absolute atomic E-state index is 11.8. The van der Waals surface area contributed by atoms with E-state index in [1.165, 1.54) is 6.33 Å². The van der Waals surface area contributed by atoms with Crippen molar-refractivity contribution in [3.63, 3.8) is 0 Å². The number of nitrogens with two attached hydrogens (primary N) is 1. The highest BCUT2D eigenvalue weighted by molar-refractivity contribution is 7.80. The number of rotatable bonds is 6. The van der Waals surface area contributed by atoms with E-state index in [9.17, 15) is 4.79 Å². The molecule has 0 aliphatic carbocycles. The lowest BCUT2D eigenvalue weighted by Gasteiger charge is -2.13. The Morgan fingerprint density at radius 3 is 2.95 bits per heavy atom. The van der Waals surface area contributed by atoms with E-state index in [2.05, 4.69) is 20.5 Å². The second kappa shape index (κ2) is 6.80. The molecule has 1 atom stereocenters. The number of thiocarbonyl (C=S) groups is 1. The average molecular weight is 305 g/mol. The Labute approximate surface area is 126 Å². The van der Waals surface area contributed by atoms with Crippen molar-refractivity contribution in [3.05, 3.63) is 42.0 Å². The Morgan fingerprint density at radius 1 is 1.52 bits per heavy atom. The maximum Gasteiger partial charge on any atom is 0.258 e. The van der Waals surface area contributed by atoms with Crippen LogP contribution in [0.1, 0.15) is 24.4 Å². The molecule has 0 radical (unpaired) electrons. The SMILES string of the molecule is CC(NC(=O)COc1ccccc1C(N)=S)c1ncn[nH]1. The first-order valence-electron chi connectivity index (χ1n) is 6.24. The number of aromatic amines is 1. The van der Waals surface area contributed by atoms with Crippen molar-refractivity contribution < 1.29 is 9.53 Å². The Bertz CT molecular complexity index is 629. The van der Waals surface area contributed by atoms with Crippen LogP contribution < -0.4 is 15.8 Å². The normalized spacial score (nSPS) is 11.7. The van der Waals surface area contributed by atoms with Gasteiger partial charge in [0.15, 0.2) is 6.61 Å². The molecule has 0 saturated carbocycles. The summed E-state index contributed by atoms with van der Waals surface area (Å²) in [6.45, 7) is 1.65. The van der Waals surface area contributed by atoms with Crippen LogP contribution in [-0.2, 0) is 4.79 Å². The number of nitrogens with zero attached hydrogens (tertiary/aromatic N) is 2. The second-order valence-electron chi connectivity index (χ2n) is 4.31. The molecule has 8 heteroatoms. The van der Waals surface area contributed by atoms with Gasteiger partial charge in [-0.15, -0.1) is 0 Å². The molecule has 2 rings (SSSR count). The molecule has 0 spiro atoms. The van der Waals surface area contributed by atoms with Crippen LogP contribution in [0.5, 0.6) is 5.75 Å². The van der Waals surface area contributed by atoms with Crippen molar-refractivity contribution >= 4 is 23.1 Å². The lowest BCUT2D eigenvalue weighted by Crippen LogP contribution is -2.32. The van der Waals surface area contributed by atoms with Gasteiger partial charge in [0.25, 0.3) is 5.91 Å². The highest BCUT2D eigenvalue weighted by Crippen LogP contribution is 2.17. The summed E-state index contributed by atoms with van der Waals surface area (Å²) in [6.07, 6.45) is 1.38. The minimum absolute atomic E-state index is 0.141. The van der Waals surface area contributed by atoms with Crippen LogP contribution in [0.4, 0.5) is 0 Å². The van der Waals surface area contributed by atoms with E-state index in [1.807, 2.05) is 0 Å². The van der Waals surface area contributed by atoms with Crippen molar-refractivity contribution in [1.29, 1.82) is 0 Å². The number of H-pyrrole nitrogens is 1. The number of carbonyl (C=O) groups excluding carboxylic acids is 1. The molecule has 1 unspecified atom stereocenters. The number of aromatic nitrogens is 3. The van der Waals surface area contributed by atoms with Crippen LogP contribution in [0.3, 0.4) is 0 Å². The number of hydrogen-bond acceptors (Lipinski definition) is 5. The molecule has 1 aromatic carbocycles. The summed E-state index contributed by atoms with van der Waals surface area (Å²) in [5.74, 6) is 0.774. The number of para-hydroxylation sites is 1. The summed E-state index contributed by atoms with van der Waals surface area (Å²) < 4.78 is 5.45. The fourth-order valence-corrected chi connectivity index (χ4v) is 1.88. The number of carbonyl (C=O) groups is 1. The van der Waals surface area contributed by atoms with E-state index in [-0.39, 0.29) is 23.5 Å². The van der Waals surface area contributed by atoms with Gasteiger partial charge in [0, 0.05) is 0 Å². The highest BCUT2D eigenvalue weighted by atomic mass is 32.1. The molecule has 0 aliphatic rings. The zero-order valence-corrected chi connectivity index (χ0v) is 12.2. The van der Waals surface area contributed by atoms with E-state index < -0.39 is 0 Å². The molecule has 1 aromatic heterocycles. The summed E-state index contributed by atoms with van der Waals surface area (Å²) in [7, 11) is 0. The summed E-state index contributed by atoms with van der Waals surface area (Å²) in [6, 6.07) is 6.75. The maximum atomic E-state index is 11.8. The quantitative estimate of drug-likeness (QED) is 0.678. The third-order valence-electron chi connectivity index (χ3n) is 2.73. The third-order valence-corrected chi connectivity index (χ3v) is 2.95. The van der Waals surface area contributed by atoms with Gasteiger partial charge in [-0.3, -0.25) is 9.89 Å². The summed E-state index contributed by atoms with van der Waals surface area (Å²) in [5, 5.41) is 9.16. The summed E-state index contributed by atoms with van der Waals surface area (Å²) in [5.41, 5.74) is 6.20. The van der Waals surface area contributed by atoms with Gasteiger partial charge in [0.2, 0.25) is 0 Å². The molecule has 0 fully saturated rings. The van der Waals surface area contributed by atoms with Crippen molar-refractivity contribution in [2.45, 2.75) is 13.0 Å². The summed E-state index contributed by atoms with van der Waals surface area (Å²) >= 11 is 4.93. The molecule has 0 bridgehead atoms. The molecule has 1 amide bonds. The van der Waals surface area contributed by atoms with E-state index in [0.717, 1.165) is 0 Å². The minimum atomic E-state index is -0.283. The molecular weight excluding hydrogens is 290 g/mol. The lowest BCUT2D eigenvalue weighted by molar-refractivity contribution is -0.123. The highest BCUT2D eigenvalue weighted by Gasteiger charge is 2.13. The Balaban J connectivity index is 1.91. The number of nitrogens with one attached hydrogen (secondary N) is 2. The topological polar surface area (TPSA) is 106 Å². The van der Waals surface area contributed by atoms with Crippen molar-refractivity contribution in [2.75, 3.05) is 6.61 Å². The minimum Gasteiger partial charge on any atom is -0.483 e. The zero-order valence-electron chi connectivity index (χ0n) is 11.4. The Morgan fingerprint density at radius 2 is 2.29 bits per heavy atom. The molecule has 7 nitrogen and oxygen atoms in total. The number of hydrogen-bond donors (Lipinski definition) is 3. The fraction of sp³-hybridized carbons (Fsp3) is 0.231. The van der Waals surface area contributed by atoms with Crippen LogP contribution >= 0.6 is 12.2 Å². The van der Waals surface area contributed by atoms with Crippen LogP contribution in [0, 0.1) is 0 Å². The summed E-state index contributed by atoms with van der Waals surface area (Å²) in [4.78, 5) is 16.0. The van der Waals surface area contributed by atoms with Gasteiger partial charge < -0.3 is 15.8 Å². The van der Waals surface area contributed by atoms with Gasteiger partial charge in [-0.25, -0.2) is 4.98 Å². The Kier molecular flexibility index (Phi) is 4.83. The van der Waals surface area contributed by atoms with Gasteiger partial charge in [-0.1, -0.05) is 24.4 Å².